The first-order valence-corrected chi connectivity index (χ1v) is 7.28. The predicted octanol–water partition coefficient (Wildman–Crippen LogP) is 2.68. The van der Waals surface area contributed by atoms with E-state index in [4.69, 9.17) is 5.73 Å². The highest BCUT2D eigenvalue weighted by Gasteiger charge is 2.29. The molecule has 4 heteroatoms. The molecule has 0 saturated heterocycles. The summed E-state index contributed by atoms with van der Waals surface area (Å²) in [5.41, 5.74) is 6.73. The van der Waals surface area contributed by atoms with E-state index in [9.17, 15) is 9.90 Å². The largest absolute Gasteiger partial charge is 0.507 e. The van der Waals surface area contributed by atoms with Crippen molar-refractivity contribution in [1.29, 1.82) is 0 Å². The van der Waals surface area contributed by atoms with Gasteiger partial charge in [-0.3, -0.25) is 4.79 Å². The number of nitrogens with one attached hydrogen (secondary N) is 1. The minimum Gasteiger partial charge on any atom is -0.507 e. The number of primary amides is 1. The molecule has 1 rings (SSSR count). The Bertz CT molecular complexity index is 511. The van der Waals surface area contributed by atoms with Crippen LogP contribution in [0.15, 0.2) is 18.2 Å². The van der Waals surface area contributed by atoms with Crippen LogP contribution in [-0.4, -0.2) is 17.1 Å². The lowest BCUT2D eigenvalue weighted by atomic mass is 9.84. The summed E-state index contributed by atoms with van der Waals surface area (Å²) in [7, 11) is 0. The van der Waals surface area contributed by atoms with Gasteiger partial charge >= 0.3 is 0 Å². The summed E-state index contributed by atoms with van der Waals surface area (Å²) in [5, 5.41) is 13.6. The lowest BCUT2D eigenvalue weighted by Gasteiger charge is -2.29. The Morgan fingerprint density at radius 2 is 1.81 bits per heavy atom. The fourth-order valence-electron chi connectivity index (χ4n) is 2.38. The van der Waals surface area contributed by atoms with Crippen LogP contribution in [0.25, 0.3) is 0 Å². The number of para-hydroxylation sites is 1. The monoisotopic (exact) mass is 292 g/mol. The van der Waals surface area contributed by atoms with Gasteiger partial charge in [-0.1, -0.05) is 59.7 Å². The molecule has 0 spiro atoms. The van der Waals surface area contributed by atoms with Crippen LogP contribution < -0.4 is 11.1 Å². The van der Waals surface area contributed by atoms with Gasteiger partial charge in [-0.25, -0.2) is 0 Å². The quantitative estimate of drug-likeness (QED) is 0.798. The lowest BCUT2D eigenvalue weighted by Crippen LogP contribution is -2.49. The fourth-order valence-corrected chi connectivity index (χ4v) is 2.38. The molecule has 0 aliphatic heterocycles. The first-order chi connectivity index (χ1) is 9.44. The standard InChI is InChI=1S/C17H28N2O2/c1-16(2,3)12-9-7-8-11(13(12)20)10-19-14(15(18)21)17(4,5)6/h7-9,14,19-20H,10H2,1-6H3,(H2,18,21)/t14-/m1/s1. The number of phenols is 1. The molecule has 0 aliphatic carbocycles. The molecule has 21 heavy (non-hydrogen) atoms. The van der Waals surface area contributed by atoms with Crippen molar-refractivity contribution in [2.45, 2.75) is 59.5 Å². The lowest BCUT2D eigenvalue weighted by molar-refractivity contribution is -0.122. The minimum atomic E-state index is -0.449. The summed E-state index contributed by atoms with van der Waals surface area (Å²) in [5.74, 6) is -0.0939. The van der Waals surface area contributed by atoms with Crippen LogP contribution in [-0.2, 0) is 16.8 Å². The number of rotatable bonds is 4. The van der Waals surface area contributed by atoms with Gasteiger partial charge in [-0.2, -0.15) is 0 Å². The Balaban J connectivity index is 2.97. The van der Waals surface area contributed by atoms with E-state index in [1.165, 1.54) is 0 Å². The molecule has 0 heterocycles. The molecule has 118 valence electrons. The maximum atomic E-state index is 11.6. The molecular formula is C17H28N2O2. The SMILES string of the molecule is CC(C)(C)c1cccc(CN[C@H](C(N)=O)C(C)(C)C)c1O. The molecule has 0 aliphatic rings. The molecule has 0 aromatic heterocycles. The van der Waals surface area contributed by atoms with Crippen molar-refractivity contribution in [3.63, 3.8) is 0 Å². The van der Waals surface area contributed by atoms with Crippen molar-refractivity contribution in [3.05, 3.63) is 29.3 Å². The molecule has 1 aromatic rings. The molecule has 1 amide bonds. The van der Waals surface area contributed by atoms with Crippen LogP contribution in [0.1, 0.15) is 52.7 Å². The van der Waals surface area contributed by atoms with Gasteiger partial charge in [0.1, 0.15) is 5.75 Å². The number of amides is 1. The Morgan fingerprint density at radius 1 is 1.24 bits per heavy atom. The summed E-state index contributed by atoms with van der Waals surface area (Å²) in [6.07, 6.45) is 0. The first kappa shape index (κ1) is 17.5. The Kier molecular flexibility index (Phi) is 5.05. The summed E-state index contributed by atoms with van der Waals surface area (Å²) < 4.78 is 0. The molecule has 0 fully saturated rings. The van der Waals surface area contributed by atoms with E-state index < -0.39 is 6.04 Å². The fraction of sp³-hybridized carbons (Fsp3) is 0.588. The first-order valence-electron chi connectivity index (χ1n) is 7.28. The van der Waals surface area contributed by atoms with Crippen molar-refractivity contribution in [3.8, 4) is 5.75 Å². The average molecular weight is 292 g/mol. The van der Waals surface area contributed by atoms with Crippen molar-refractivity contribution < 1.29 is 9.90 Å². The summed E-state index contributed by atoms with van der Waals surface area (Å²) in [6.45, 7) is 12.4. The number of nitrogens with two attached hydrogens (primary N) is 1. The molecule has 0 unspecified atom stereocenters. The van der Waals surface area contributed by atoms with Crippen molar-refractivity contribution in [2.24, 2.45) is 11.1 Å². The van der Waals surface area contributed by atoms with Gasteiger partial charge < -0.3 is 16.2 Å². The maximum Gasteiger partial charge on any atom is 0.235 e. The predicted molar refractivity (Wildman–Crippen MR) is 86.1 cm³/mol. The highest BCUT2D eigenvalue weighted by atomic mass is 16.3. The number of carbonyl (C=O) groups excluding carboxylic acids is 1. The number of benzene rings is 1. The van der Waals surface area contributed by atoms with E-state index in [1.54, 1.807) is 0 Å². The van der Waals surface area contributed by atoms with Gasteiger partial charge in [-0.05, 0) is 16.4 Å². The van der Waals surface area contributed by atoms with Gasteiger partial charge in [0.15, 0.2) is 0 Å². The molecule has 1 aromatic carbocycles. The van der Waals surface area contributed by atoms with Crippen molar-refractivity contribution in [2.75, 3.05) is 0 Å². The Labute approximate surface area is 127 Å². The Morgan fingerprint density at radius 3 is 2.24 bits per heavy atom. The number of phenolic OH excluding ortho intramolecular Hbond substituents is 1. The van der Waals surface area contributed by atoms with Crippen LogP contribution >= 0.6 is 0 Å². The average Bonchev–Trinajstić information content (AvgIpc) is 2.27. The molecule has 0 bridgehead atoms. The third-order valence-electron chi connectivity index (χ3n) is 3.57. The van der Waals surface area contributed by atoms with Crippen molar-refractivity contribution >= 4 is 5.91 Å². The van der Waals surface area contributed by atoms with Gasteiger partial charge in [0.05, 0.1) is 6.04 Å². The van der Waals surface area contributed by atoms with E-state index >= 15 is 0 Å². The topological polar surface area (TPSA) is 75.3 Å². The smallest absolute Gasteiger partial charge is 0.235 e. The van der Waals surface area contributed by atoms with Crippen LogP contribution in [0.5, 0.6) is 5.75 Å². The van der Waals surface area contributed by atoms with Gasteiger partial charge in [-0.15, -0.1) is 0 Å². The van der Waals surface area contributed by atoms with Gasteiger partial charge in [0.2, 0.25) is 5.91 Å². The number of carbonyl (C=O) groups is 1. The molecule has 0 radical (unpaired) electrons. The van der Waals surface area contributed by atoms with Crippen LogP contribution in [0, 0.1) is 5.41 Å². The second-order valence-electron chi connectivity index (χ2n) is 7.65. The third-order valence-corrected chi connectivity index (χ3v) is 3.57. The highest BCUT2D eigenvalue weighted by Crippen LogP contribution is 2.33. The summed E-state index contributed by atoms with van der Waals surface area (Å²) >= 11 is 0. The molecule has 0 saturated carbocycles. The zero-order valence-electron chi connectivity index (χ0n) is 13.9. The van der Waals surface area contributed by atoms with E-state index in [2.05, 4.69) is 26.1 Å². The van der Waals surface area contributed by atoms with Gasteiger partial charge in [0, 0.05) is 12.1 Å². The van der Waals surface area contributed by atoms with E-state index in [-0.39, 0.29) is 22.5 Å². The minimum absolute atomic E-state index is 0.132. The zero-order valence-corrected chi connectivity index (χ0v) is 13.9. The zero-order chi connectivity index (χ0) is 16.4. The summed E-state index contributed by atoms with van der Waals surface area (Å²) in [4.78, 5) is 11.6. The number of aromatic hydroxyl groups is 1. The van der Waals surface area contributed by atoms with E-state index in [0.29, 0.717) is 6.54 Å². The van der Waals surface area contributed by atoms with Crippen LogP contribution in [0.2, 0.25) is 0 Å². The van der Waals surface area contributed by atoms with Crippen molar-refractivity contribution in [1.82, 2.24) is 5.32 Å². The highest BCUT2D eigenvalue weighted by molar-refractivity contribution is 5.80. The summed E-state index contributed by atoms with van der Waals surface area (Å²) in [6, 6.07) is 5.26. The molecule has 1 atom stereocenters. The number of hydrogen-bond acceptors (Lipinski definition) is 3. The Hall–Kier alpha value is -1.55. The van der Waals surface area contributed by atoms with Gasteiger partial charge in [0.25, 0.3) is 0 Å². The van der Waals surface area contributed by atoms with E-state index in [1.807, 2.05) is 39.0 Å². The molecule has 4 N–H and O–H groups in total. The maximum absolute atomic E-state index is 11.6. The third kappa shape index (κ3) is 4.46. The number of hydrogen-bond donors (Lipinski definition) is 3. The second kappa shape index (κ2) is 6.06. The van der Waals surface area contributed by atoms with Crippen LogP contribution in [0.4, 0.5) is 0 Å². The molecular weight excluding hydrogens is 264 g/mol. The van der Waals surface area contributed by atoms with Crippen LogP contribution in [0.3, 0.4) is 0 Å². The van der Waals surface area contributed by atoms with E-state index in [0.717, 1.165) is 11.1 Å². The normalized spacial score (nSPS) is 14.0. The second-order valence-corrected chi connectivity index (χ2v) is 7.65. The molecule has 4 nitrogen and oxygen atoms in total.